The SMILES string of the molecule is c1ccc(-n2c3ccc(-c4cccc5c6ccccc6n(-c6ccccc6)c45)cc3c3cc(C4(c5ccccc5)c5ccccc5-c5ccccc54)ccc32)cc1. The van der Waals surface area contributed by atoms with Crippen LogP contribution in [0, 0.1) is 0 Å². The van der Waals surface area contributed by atoms with Crippen LogP contribution < -0.4 is 0 Å². The van der Waals surface area contributed by atoms with Gasteiger partial charge in [0.25, 0.3) is 0 Å². The summed E-state index contributed by atoms with van der Waals surface area (Å²) < 4.78 is 4.87. The highest BCUT2D eigenvalue weighted by atomic mass is 15.0. The van der Waals surface area contributed by atoms with Crippen LogP contribution in [0.25, 0.3) is 77.2 Å². The monoisotopic (exact) mass is 724 g/mol. The lowest BCUT2D eigenvalue weighted by atomic mass is 9.67. The van der Waals surface area contributed by atoms with E-state index in [-0.39, 0.29) is 0 Å². The summed E-state index contributed by atoms with van der Waals surface area (Å²) in [6.45, 7) is 0. The highest BCUT2D eigenvalue weighted by molar-refractivity contribution is 6.16. The van der Waals surface area contributed by atoms with Crippen molar-refractivity contribution in [2.75, 3.05) is 0 Å². The van der Waals surface area contributed by atoms with Gasteiger partial charge in [0, 0.05) is 38.5 Å². The molecule has 0 unspecified atom stereocenters. The second-order valence-electron chi connectivity index (χ2n) is 15.2. The molecule has 0 saturated carbocycles. The largest absolute Gasteiger partial charge is 0.309 e. The van der Waals surface area contributed by atoms with Gasteiger partial charge in [0.2, 0.25) is 0 Å². The number of benzene rings is 9. The smallest absolute Gasteiger partial charge is 0.0713 e. The Hall–Kier alpha value is -7.42. The van der Waals surface area contributed by atoms with Gasteiger partial charge in [-0.15, -0.1) is 0 Å². The maximum atomic E-state index is 2.49. The summed E-state index contributed by atoms with van der Waals surface area (Å²) in [4.78, 5) is 0. The van der Waals surface area contributed by atoms with E-state index in [1.807, 2.05) is 0 Å². The highest BCUT2D eigenvalue weighted by Crippen LogP contribution is 2.56. The number of rotatable bonds is 5. The first-order chi connectivity index (χ1) is 28.3. The number of fused-ring (bicyclic) bond motifs is 9. The average molecular weight is 725 g/mol. The molecule has 0 bridgehead atoms. The van der Waals surface area contributed by atoms with Crippen LogP contribution in [0.5, 0.6) is 0 Å². The lowest BCUT2D eigenvalue weighted by molar-refractivity contribution is 0.770. The number of hydrogen-bond acceptors (Lipinski definition) is 0. The van der Waals surface area contributed by atoms with E-state index in [1.165, 1.54) is 88.1 Å². The average Bonchev–Trinajstić information content (AvgIpc) is 3.91. The minimum Gasteiger partial charge on any atom is -0.309 e. The fourth-order valence-electron chi connectivity index (χ4n) is 10.1. The molecule has 9 aromatic carbocycles. The van der Waals surface area contributed by atoms with Gasteiger partial charge in [-0.05, 0) is 93.5 Å². The summed E-state index contributed by atoms with van der Waals surface area (Å²) in [5, 5.41) is 4.98. The molecule has 0 aliphatic heterocycles. The van der Waals surface area contributed by atoms with Gasteiger partial charge >= 0.3 is 0 Å². The first kappa shape index (κ1) is 31.9. The third-order valence-corrected chi connectivity index (χ3v) is 12.4. The Balaban J connectivity index is 1.18. The number of aromatic nitrogens is 2. The van der Waals surface area contributed by atoms with E-state index in [4.69, 9.17) is 0 Å². The topological polar surface area (TPSA) is 9.86 Å². The molecule has 1 aliphatic carbocycles. The van der Waals surface area contributed by atoms with E-state index >= 15 is 0 Å². The van der Waals surface area contributed by atoms with E-state index in [0.717, 1.165) is 11.4 Å². The molecule has 2 heteroatoms. The summed E-state index contributed by atoms with van der Waals surface area (Å²) in [6.07, 6.45) is 0. The maximum Gasteiger partial charge on any atom is 0.0713 e. The third-order valence-electron chi connectivity index (χ3n) is 12.4. The molecule has 266 valence electrons. The normalized spacial score (nSPS) is 13.1. The molecule has 0 saturated heterocycles. The fourth-order valence-corrected chi connectivity index (χ4v) is 10.1. The number of para-hydroxylation sites is 4. The lowest BCUT2D eigenvalue weighted by Crippen LogP contribution is -2.28. The van der Waals surface area contributed by atoms with E-state index in [1.54, 1.807) is 0 Å². The van der Waals surface area contributed by atoms with Crippen molar-refractivity contribution in [3.05, 3.63) is 241 Å². The Morgan fingerprint density at radius 2 is 0.807 bits per heavy atom. The molecule has 12 rings (SSSR count). The van der Waals surface area contributed by atoms with Crippen molar-refractivity contribution in [1.29, 1.82) is 0 Å². The van der Waals surface area contributed by atoms with Crippen LogP contribution in [0.15, 0.2) is 218 Å². The molecule has 0 amide bonds. The van der Waals surface area contributed by atoms with E-state index in [0.29, 0.717) is 0 Å². The molecule has 2 heterocycles. The van der Waals surface area contributed by atoms with E-state index in [9.17, 15) is 0 Å². The van der Waals surface area contributed by atoms with Gasteiger partial charge < -0.3 is 9.13 Å². The summed E-state index contributed by atoms with van der Waals surface area (Å²) in [6, 6.07) is 80.6. The molecule has 2 aromatic heterocycles. The van der Waals surface area contributed by atoms with Crippen molar-refractivity contribution in [2.24, 2.45) is 0 Å². The molecule has 0 fully saturated rings. The highest BCUT2D eigenvalue weighted by Gasteiger charge is 2.46. The van der Waals surface area contributed by atoms with Gasteiger partial charge in [0.15, 0.2) is 0 Å². The van der Waals surface area contributed by atoms with Crippen molar-refractivity contribution in [3.63, 3.8) is 0 Å². The zero-order valence-electron chi connectivity index (χ0n) is 31.2. The lowest BCUT2D eigenvalue weighted by Gasteiger charge is -2.34. The molecule has 57 heavy (non-hydrogen) atoms. The van der Waals surface area contributed by atoms with Gasteiger partial charge in [-0.1, -0.05) is 164 Å². The molecule has 0 atom stereocenters. The molecule has 2 nitrogen and oxygen atoms in total. The van der Waals surface area contributed by atoms with Crippen LogP contribution in [0.4, 0.5) is 0 Å². The third kappa shape index (κ3) is 4.47. The Morgan fingerprint density at radius 3 is 1.51 bits per heavy atom. The van der Waals surface area contributed by atoms with E-state index in [2.05, 4.69) is 228 Å². The van der Waals surface area contributed by atoms with Gasteiger partial charge in [0.1, 0.15) is 0 Å². The van der Waals surface area contributed by atoms with Crippen molar-refractivity contribution < 1.29 is 0 Å². The number of hydrogen-bond donors (Lipinski definition) is 0. The zero-order chi connectivity index (χ0) is 37.5. The van der Waals surface area contributed by atoms with E-state index < -0.39 is 5.41 Å². The molecule has 0 spiro atoms. The maximum absolute atomic E-state index is 2.49. The molecule has 0 N–H and O–H groups in total. The van der Waals surface area contributed by atoms with Crippen LogP contribution in [-0.4, -0.2) is 9.13 Å². The standard InChI is InChI=1S/C55H36N2/c1-4-17-38(18-5-1)55(49-28-13-10-23-43(49)44-24-11-14-29-50(44)55)39-32-34-53-48(36-39)47-35-37(31-33-52(47)56(53)40-19-6-2-7-20-40)42-26-16-27-46-45-25-12-15-30-51(45)57(54(42)46)41-21-8-3-9-22-41/h1-36H. The Kier molecular flexibility index (Phi) is 6.88. The first-order valence-electron chi connectivity index (χ1n) is 19.8. The molecule has 11 aromatic rings. The van der Waals surface area contributed by atoms with Crippen LogP contribution >= 0.6 is 0 Å². The summed E-state index contributed by atoms with van der Waals surface area (Å²) in [5.74, 6) is 0. The van der Waals surface area contributed by atoms with Gasteiger partial charge in [-0.25, -0.2) is 0 Å². The Morgan fingerprint density at radius 1 is 0.298 bits per heavy atom. The molecular weight excluding hydrogens is 689 g/mol. The minimum absolute atomic E-state index is 0.483. The Labute approximate surface area is 331 Å². The van der Waals surface area contributed by atoms with Crippen LogP contribution in [-0.2, 0) is 5.41 Å². The second kappa shape index (κ2) is 12.3. The predicted octanol–water partition coefficient (Wildman–Crippen LogP) is 13.9. The van der Waals surface area contributed by atoms with Crippen molar-refractivity contribution in [3.8, 4) is 33.6 Å². The summed E-state index contributed by atoms with van der Waals surface area (Å²) >= 11 is 0. The molecule has 1 aliphatic rings. The summed E-state index contributed by atoms with van der Waals surface area (Å²) in [7, 11) is 0. The Bertz CT molecular complexity index is 3290. The van der Waals surface area contributed by atoms with Gasteiger partial charge in [-0.2, -0.15) is 0 Å². The van der Waals surface area contributed by atoms with Crippen LogP contribution in [0.3, 0.4) is 0 Å². The van der Waals surface area contributed by atoms with Crippen LogP contribution in [0.1, 0.15) is 22.3 Å². The minimum atomic E-state index is -0.483. The van der Waals surface area contributed by atoms with Crippen molar-refractivity contribution in [1.82, 2.24) is 9.13 Å². The quantitative estimate of drug-likeness (QED) is 0.167. The second-order valence-corrected chi connectivity index (χ2v) is 15.2. The molecular formula is C55H36N2. The van der Waals surface area contributed by atoms with Gasteiger partial charge in [-0.3, -0.25) is 0 Å². The van der Waals surface area contributed by atoms with Crippen molar-refractivity contribution >= 4 is 43.6 Å². The first-order valence-corrected chi connectivity index (χ1v) is 19.8. The fraction of sp³-hybridized carbons (Fsp3) is 0.0182. The molecule has 0 radical (unpaired) electrons. The predicted molar refractivity (Wildman–Crippen MR) is 238 cm³/mol. The van der Waals surface area contributed by atoms with Gasteiger partial charge in [0.05, 0.1) is 27.5 Å². The summed E-state index contributed by atoms with van der Waals surface area (Å²) in [5.41, 5.74) is 16.8. The number of nitrogens with zero attached hydrogens (tertiary/aromatic N) is 2. The van der Waals surface area contributed by atoms with Crippen LogP contribution in [0.2, 0.25) is 0 Å². The van der Waals surface area contributed by atoms with Crippen molar-refractivity contribution in [2.45, 2.75) is 5.41 Å². The zero-order valence-corrected chi connectivity index (χ0v) is 31.2.